The SMILES string of the molecule is COc1ccc(S(=O)(=O)N(C)Cc2ccc(OC)c(OC)c2)cc1NC(C)=O. The zero-order chi connectivity index (χ0) is 20.9. The molecule has 2 aromatic rings. The molecule has 0 aromatic heterocycles. The number of sulfonamides is 1. The number of carbonyl (C=O) groups excluding carboxylic acids is 1. The fourth-order valence-corrected chi connectivity index (χ4v) is 3.82. The molecule has 0 saturated carbocycles. The van der Waals surface area contributed by atoms with Crippen LogP contribution in [0.15, 0.2) is 41.3 Å². The predicted octanol–water partition coefficient (Wildman–Crippen LogP) is 2.49. The normalized spacial score (nSPS) is 11.2. The lowest BCUT2D eigenvalue weighted by atomic mass is 10.2. The first-order valence-corrected chi connectivity index (χ1v) is 9.79. The number of nitrogens with one attached hydrogen (secondary N) is 1. The van der Waals surface area contributed by atoms with Crippen LogP contribution >= 0.6 is 0 Å². The molecule has 0 aliphatic carbocycles. The molecule has 152 valence electrons. The van der Waals surface area contributed by atoms with Crippen LogP contribution in [-0.4, -0.2) is 47.0 Å². The fraction of sp³-hybridized carbons (Fsp3) is 0.316. The third-order valence-corrected chi connectivity index (χ3v) is 5.84. The zero-order valence-corrected chi connectivity index (χ0v) is 17.3. The maximum absolute atomic E-state index is 13.0. The molecular formula is C19H24N2O6S. The van der Waals surface area contributed by atoms with E-state index in [1.54, 1.807) is 18.2 Å². The average Bonchev–Trinajstić information content (AvgIpc) is 2.67. The molecule has 0 aliphatic heterocycles. The highest BCUT2D eigenvalue weighted by atomic mass is 32.2. The van der Waals surface area contributed by atoms with Crippen LogP contribution < -0.4 is 19.5 Å². The van der Waals surface area contributed by atoms with Crippen molar-refractivity contribution < 1.29 is 27.4 Å². The Kier molecular flexibility index (Phi) is 6.87. The maximum Gasteiger partial charge on any atom is 0.243 e. The van der Waals surface area contributed by atoms with E-state index in [0.717, 1.165) is 5.56 Å². The summed E-state index contributed by atoms with van der Waals surface area (Å²) in [5, 5.41) is 2.58. The molecule has 0 fully saturated rings. The molecule has 0 heterocycles. The third-order valence-electron chi connectivity index (χ3n) is 4.04. The molecule has 0 atom stereocenters. The second-order valence-corrected chi connectivity index (χ2v) is 8.04. The first-order valence-electron chi connectivity index (χ1n) is 8.35. The summed E-state index contributed by atoms with van der Waals surface area (Å²) in [7, 11) is 2.17. The van der Waals surface area contributed by atoms with Gasteiger partial charge < -0.3 is 19.5 Å². The van der Waals surface area contributed by atoms with E-state index in [1.165, 1.54) is 57.8 Å². The number of ether oxygens (including phenoxy) is 3. The van der Waals surface area contributed by atoms with Gasteiger partial charge in [0.05, 0.1) is 31.9 Å². The van der Waals surface area contributed by atoms with Crippen LogP contribution in [0.2, 0.25) is 0 Å². The monoisotopic (exact) mass is 408 g/mol. The van der Waals surface area contributed by atoms with Crippen LogP contribution in [-0.2, 0) is 21.4 Å². The molecule has 1 amide bonds. The highest BCUT2D eigenvalue weighted by Gasteiger charge is 2.23. The lowest BCUT2D eigenvalue weighted by Gasteiger charge is -2.19. The highest BCUT2D eigenvalue weighted by molar-refractivity contribution is 7.89. The minimum absolute atomic E-state index is 0.0417. The number of rotatable bonds is 8. The Morgan fingerprint density at radius 3 is 2.14 bits per heavy atom. The number of nitrogens with zero attached hydrogens (tertiary/aromatic N) is 1. The van der Waals surface area contributed by atoms with Gasteiger partial charge in [-0.3, -0.25) is 4.79 Å². The van der Waals surface area contributed by atoms with E-state index < -0.39 is 10.0 Å². The number of benzene rings is 2. The summed E-state index contributed by atoms with van der Waals surface area (Å²) in [6, 6.07) is 9.52. The lowest BCUT2D eigenvalue weighted by molar-refractivity contribution is -0.114. The number of hydrogen-bond acceptors (Lipinski definition) is 6. The summed E-state index contributed by atoms with van der Waals surface area (Å²) in [5.41, 5.74) is 1.02. The van der Waals surface area contributed by atoms with Crippen LogP contribution in [0.5, 0.6) is 17.2 Å². The molecule has 2 aromatic carbocycles. The number of methoxy groups -OCH3 is 3. The third kappa shape index (κ3) is 4.73. The largest absolute Gasteiger partial charge is 0.495 e. The summed E-state index contributed by atoms with van der Waals surface area (Å²) >= 11 is 0. The zero-order valence-electron chi connectivity index (χ0n) is 16.5. The van der Waals surface area contributed by atoms with Crippen LogP contribution in [0.25, 0.3) is 0 Å². The van der Waals surface area contributed by atoms with E-state index in [0.29, 0.717) is 17.2 Å². The van der Waals surface area contributed by atoms with Crippen molar-refractivity contribution in [3.63, 3.8) is 0 Å². The Bertz CT molecular complexity index is 959. The summed E-state index contributed by atoms with van der Waals surface area (Å²) in [6.07, 6.45) is 0. The number of anilines is 1. The van der Waals surface area contributed by atoms with E-state index >= 15 is 0 Å². The molecule has 9 heteroatoms. The van der Waals surface area contributed by atoms with E-state index in [2.05, 4.69) is 5.32 Å². The van der Waals surface area contributed by atoms with Crippen molar-refractivity contribution in [3.05, 3.63) is 42.0 Å². The van der Waals surface area contributed by atoms with Gasteiger partial charge in [0.15, 0.2) is 11.5 Å². The van der Waals surface area contributed by atoms with E-state index in [4.69, 9.17) is 14.2 Å². The molecular weight excluding hydrogens is 384 g/mol. The van der Waals surface area contributed by atoms with E-state index in [9.17, 15) is 13.2 Å². The van der Waals surface area contributed by atoms with E-state index in [-0.39, 0.29) is 23.0 Å². The number of hydrogen-bond donors (Lipinski definition) is 1. The van der Waals surface area contributed by atoms with Gasteiger partial charge in [-0.2, -0.15) is 4.31 Å². The second-order valence-electron chi connectivity index (χ2n) is 5.99. The Morgan fingerprint density at radius 1 is 0.964 bits per heavy atom. The van der Waals surface area contributed by atoms with Crippen molar-refractivity contribution in [2.45, 2.75) is 18.4 Å². The van der Waals surface area contributed by atoms with Gasteiger partial charge in [0.25, 0.3) is 0 Å². The van der Waals surface area contributed by atoms with Crippen LogP contribution in [0, 0.1) is 0 Å². The average molecular weight is 408 g/mol. The number of carbonyl (C=O) groups is 1. The van der Waals surface area contributed by atoms with Crippen molar-refractivity contribution in [2.24, 2.45) is 0 Å². The summed E-state index contributed by atoms with van der Waals surface area (Å²) < 4.78 is 42.8. The lowest BCUT2D eigenvalue weighted by Crippen LogP contribution is -2.26. The first-order chi connectivity index (χ1) is 13.2. The van der Waals surface area contributed by atoms with Crippen molar-refractivity contribution >= 4 is 21.6 Å². The molecule has 0 aliphatic rings. The van der Waals surface area contributed by atoms with Gasteiger partial charge in [-0.25, -0.2) is 8.42 Å². The van der Waals surface area contributed by atoms with Crippen molar-refractivity contribution in [1.82, 2.24) is 4.31 Å². The van der Waals surface area contributed by atoms with Gasteiger partial charge in [-0.1, -0.05) is 6.07 Å². The number of amides is 1. The molecule has 0 saturated heterocycles. The quantitative estimate of drug-likeness (QED) is 0.721. The van der Waals surface area contributed by atoms with Gasteiger partial charge >= 0.3 is 0 Å². The fourth-order valence-electron chi connectivity index (χ4n) is 2.64. The molecule has 1 N–H and O–H groups in total. The smallest absolute Gasteiger partial charge is 0.243 e. The van der Waals surface area contributed by atoms with Gasteiger partial charge in [0.1, 0.15) is 5.75 Å². The van der Waals surface area contributed by atoms with E-state index in [1.807, 2.05) is 0 Å². The topological polar surface area (TPSA) is 94.2 Å². The molecule has 0 bridgehead atoms. The Balaban J connectivity index is 2.32. The Labute approximate surface area is 165 Å². The summed E-state index contributed by atoms with van der Waals surface area (Å²) in [5.74, 6) is 1.12. The minimum atomic E-state index is -3.80. The summed E-state index contributed by atoms with van der Waals surface area (Å²) in [6.45, 7) is 1.47. The standard InChI is InChI=1S/C19H24N2O6S/c1-13(22)20-16-11-15(7-9-17(16)25-3)28(23,24)21(2)12-14-6-8-18(26-4)19(10-14)27-5/h6-11H,12H2,1-5H3,(H,20,22). The van der Waals surface area contributed by atoms with Crippen LogP contribution in [0.3, 0.4) is 0 Å². The van der Waals surface area contributed by atoms with Crippen molar-refractivity contribution in [2.75, 3.05) is 33.7 Å². The molecule has 8 nitrogen and oxygen atoms in total. The Morgan fingerprint density at radius 2 is 1.57 bits per heavy atom. The molecule has 28 heavy (non-hydrogen) atoms. The Hall–Kier alpha value is -2.78. The first kappa shape index (κ1) is 21.5. The van der Waals surface area contributed by atoms with Crippen molar-refractivity contribution in [1.29, 1.82) is 0 Å². The van der Waals surface area contributed by atoms with Crippen LogP contribution in [0.1, 0.15) is 12.5 Å². The van der Waals surface area contributed by atoms with Gasteiger partial charge in [-0.05, 0) is 35.9 Å². The highest BCUT2D eigenvalue weighted by Crippen LogP contribution is 2.31. The molecule has 0 spiro atoms. The van der Waals surface area contributed by atoms with Gasteiger partial charge in [0.2, 0.25) is 15.9 Å². The second kappa shape index (κ2) is 8.94. The maximum atomic E-state index is 13.0. The molecule has 0 unspecified atom stereocenters. The van der Waals surface area contributed by atoms with Gasteiger partial charge in [-0.15, -0.1) is 0 Å². The molecule has 2 rings (SSSR count). The summed E-state index contributed by atoms with van der Waals surface area (Å²) in [4.78, 5) is 11.4. The minimum Gasteiger partial charge on any atom is -0.495 e. The van der Waals surface area contributed by atoms with Crippen molar-refractivity contribution in [3.8, 4) is 17.2 Å². The predicted molar refractivity (Wildman–Crippen MR) is 105 cm³/mol. The van der Waals surface area contributed by atoms with Crippen LogP contribution in [0.4, 0.5) is 5.69 Å². The van der Waals surface area contributed by atoms with Gasteiger partial charge in [0, 0.05) is 20.5 Å². The molecule has 0 radical (unpaired) electrons.